The maximum atomic E-state index is 12.9. The Morgan fingerprint density at radius 3 is 2.55 bits per heavy atom. The molecule has 2 aromatic heterocycles. The Labute approximate surface area is 201 Å². The first-order valence-corrected chi connectivity index (χ1v) is 12.5. The molecule has 7 nitrogen and oxygen atoms in total. The Kier molecular flexibility index (Phi) is 5.71. The molecule has 3 aromatic rings. The number of halogens is 1. The van der Waals surface area contributed by atoms with Crippen LogP contribution in [0.2, 0.25) is 5.02 Å². The molecule has 174 valence electrons. The lowest BCUT2D eigenvalue weighted by Gasteiger charge is -2.31. The summed E-state index contributed by atoms with van der Waals surface area (Å²) in [5, 5.41) is 8.25. The number of H-pyrrole nitrogens is 1. The van der Waals surface area contributed by atoms with E-state index in [1.807, 2.05) is 12.1 Å². The number of hydrogen-bond donors (Lipinski definition) is 3. The molecule has 2 aliphatic rings. The van der Waals surface area contributed by atoms with Crippen LogP contribution >= 0.6 is 22.9 Å². The van der Waals surface area contributed by atoms with Gasteiger partial charge in [0.2, 0.25) is 0 Å². The van der Waals surface area contributed by atoms with Gasteiger partial charge in [0, 0.05) is 51.5 Å². The number of benzene rings is 1. The highest BCUT2D eigenvalue weighted by molar-refractivity contribution is 7.13. The number of thiazole rings is 1. The largest absolute Gasteiger partial charge is 0.351 e. The van der Waals surface area contributed by atoms with Crippen LogP contribution in [0.3, 0.4) is 0 Å². The number of rotatable bonds is 4. The summed E-state index contributed by atoms with van der Waals surface area (Å²) in [7, 11) is 0. The molecule has 3 heterocycles. The molecule has 0 unspecified atom stereocenters. The predicted molar refractivity (Wildman–Crippen MR) is 131 cm³/mol. The lowest BCUT2D eigenvalue weighted by molar-refractivity contribution is 0.0889. The van der Waals surface area contributed by atoms with Gasteiger partial charge in [0.25, 0.3) is 11.8 Å². The van der Waals surface area contributed by atoms with E-state index in [0.29, 0.717) is 15.7 Å². The Morgan fingerprint density at radius 1 is 1.12 bits per heavy atom. The van der Waals surface area contributed by atoms with Crippen LogP contribution < -0.4 is 10.6 Å². The molecule has 1 aliphatic heterocycles. The number of fused-ring (bicyclic) bond motifs is 2. The summed E-state index contributed by atoms with van der Waals surface area (Å²) in [6.07, 6.45) is 2.62. The van der Waals surface area contributed by atoms with E-state index in [0.717, 1.165) is 48.9 Å². The molecule has 5 rings (SSSR count). The Morgan fingerprint density at radius 2 is 1.85 bits per heavy atom. The second kappa shape index (κ2) is 8.42. The Balaban J connectivity index is 1.22. The van der Waals surface area contributed by atoms with E-state index in [1.54, 1.807) is 12.1 Å². The van der Waals surface area contributed by atoms with Crippen LogP contribution in [0.1, 0.15) is 70.9 Å². The Bertz CT molecular complexity index is 1200. The number of carbonyl (C=O) groups excluding carboxylic acids is 2. The van der Waals surface area contributed by atoms with E-state index in [4.69, 9.17) is 11.6 Å². The molecule has 0 bridgehead atoms. The molecule has 33 heavy (non-hydrogen) atoms. The molecular formula is C24H28ClN5O2S. The molecular weight excluding hydrogens is 458 g/mol. The van der Waals surface area contributed by atoms with Crippen LogP contribution in [0.15, 0.2) is 24.3 Å². The summed E-state index contributed by atoms with van der Waals surface area (Å²) in [6.45, 7) is 8.19. The number of amides is 2. The molecule has 2 atom stereocenters. The van der Waals surface area contributed by atoms with E-state index in [9.17, 15) is 9.59 Å². The molecule has 3 N–H and O–H groups in total. The third kappa shape index (κ3) is 4.52. The van der Waals surface area contributed by atoms with Crippen molar-refractivity contribution in [1.29, 1.82) is 0 Å². The van der Waals surface area contributed by atoms with Crippen LogP contribution in [0.25, 0.3) is 10.9 Å². The average molecular weight is 486 g/mol. The van der Waals surface area contributed by atoms with Gasteiger partial charge in [-0.05, 0) is 64.3 Å². The van der Waals surface area contributed by atoms with E-state index in [1.165, 1.54) is 16.2 Å². The maximum absolute atomic E-state index is 12.9. The van der Waals surface area contributed by atoms with Gasteiger partial charge in [0.05, 0.1) is 5.69 Å². The van der Waals surface area contributed by atoms with Crippen LogP contribution in [0, 0.1) is 0 Å². The molecule has 1 aliphatic carbocycles. The van der Waals surface area contributed by atoms with Crippen molar-refractivity contribution in [3.63, 3.8) is 0 Å². The number of nitrogens with one attached hydrogen (secondary N) is 3. The minimum absolute atomic E-state index is 0.0787. The number of aromatic amines is 1. The van der Waals surface area contributed by atoms with Gasteiger partial charge in [-0.15, -0.1) is 11.3 Å². The van der Waals surface area contributed by atoms with Crippen LogP contribution in [-0.4, -0.2) is 44.3 Å². The lowest BCUT2D eigenvalue weighted by atomic mass is 10.1. The highest BCUT2D eigenvalue weighted by atomic mass is 35.5. The molecule has 1 aromatic carbocycles. The number of carbonyl (C=O) groups is 2. The van der Waals surface area contributed by atoms with Crippen molar-refractivity contribution in [3.8, 4) is 0 Å². The zero-order valence-electron chi connectivity index (χ0n) is 19.0. The fourth-order valence-corrected chi connectivity index (χ4v) is 5.79. The summed E-state index contributed by atoms with van der Waals surface area (Å²) in [5.74, 6) is -0.327. The minimum atomic E-state index is -0.177. The van der Waals surface area contributed by atoms with Crippen molar-refractivity contribution in [2.24, 2.45) is 0 Å². The van der Waals surface area contributed by atoms with Crippen LogP contribution in [0.5, 0.6) is 0 Å². The first kappa shape index (κ1) is 22.4. The lowest BCUT2D eigenvalue weighted by Crippen LogP contribution is -2.48. The van der Waals surface area contributed by atoms with E-state index in [2.05, 4.69) is 46.3 Å². The number of aromatic nitrogens is 2. The van der Waals surface area contributed by atoms with E-state index in [-0.39, 0.29) is 29.4 Å². The van der Waals surface area contributed by atoms with Gasteiger partial charge in [0.1, 0.15) is 5.69 Å². The Hall–Kier alpha value is -2.42. The normalized spacial score (nSPS) is 20.8. The first-order valence-electron chi connectivity index (χ1n) is 11.3. The highest BCUT2D eigenvalue weighted by Crippen LogP contribution is 2.33. The van der Waals surface area contributed by atoms with Gasteiger partial charge in [-0.2, -0.15) is 0 Å². The van der Waals surface area contributed by atoms with Gasteiger partial charge in [-0.3, -0.25) is 14.5 Å². The third-order valence-electron chi connectivity index (χ3n) is 6.57. The second-order valence-corrected chi connectivity index (χ2v) is 11.4. The standard InChI is InChI=1S/C24H28ClN5O2S/c1-24(2,3)30-11-19-20(12-30)33-23(29-19)22(32)28-17-6-4-5-16(17)27-21(31)18-10-13-9-14(25)7-8-15(13)26-18/h7-10,16-17,26H,4-6,11-12H2,1-3H3,(H,27,31)(H,28,32)/t16-,17-/m1/s1. The summed E-state index contributed by atoms with van der Waals surface area (Å²) >= 11 is 7.53. The third-order valence-corrected chi connectivity index (χ3v) is 7.89. The maximum Gasteiger partial charge on any atom is 0.280 e. The van der Waals surface area contributed by atoms with E-state index < -0.39 is 0 Å². The quantitative estimate of drug-likeness (QED) is 0.508. The first-order chi connectivity index (χ1) is 15.7. The van der Waals surface area contributed by atoms with Gasteiger partial charge >= 0.3 is 0 Å². The number of hydrogen-bond acceptors (Lipinski definition) is 5. The summed E-state index contributed by atoms with van der Waals surface area (Å²) < 4.78 is 0. The van der Waals surface area contributed by atoms with Crippen molar-refractivity contribution in [3.05, 3.63) is 50.6 Å². The fourth-order valence-electron chi connectivity index (χ4n) is 4.62. The highest BCUT2D eigenvalue weighted by Gasteiger charge is 2.34. The van der Waals surface area contributed by atoms with Crippen LogP contribution in [-0.2, 0) is 13.1 Å². The monoisotopic (exact) mass is 485 g/mol. The topological polar surface area (TPSA) is 90.1 Å². The average Bonchev–Trinajstić information content (AvgIpc) is 3.49. The fraction of sp³-hybridized carbons (Fsp3) is 0.458. The van der Waals surface area contributed by atoms with Crippen molar-refractivity contribution in [2.45, 2.75) is 70.7 Å². The van der Waals surface area contributed by atoms with Crippen molar-refractivity contribution in [2.75, 3.05) is 0 Å². The predicted octanol–water partition coefficient (Wildman–Crippen LogP) is 4.47. The molecule has 0 spiro atoms. The van der Waals surface area contributed by atoms with Crippen molar-refractivity contribution in [1.82, 2.24) is 25.5 Å². The summed E-state index contributed by atoms with van der Waals surface area (Å²) in [5.41, 5.74) is 2.44. The van der Waals surface area contributed by atoms with Gasteiger partial charge in [0.15, 0.2) is 5.01 Å². The summed E-state index contributed by atoms with van der Waals surface area (Å²) in [6, 6.07) is 7.06. The molecule has 0 saturated heterocycles. The van der Waals surface area contributed by atoms with Crippen LogP contribution in [0.4, 0.5) is 0 Å². The molecule has 2 amide bonds. The van der Waals surface area contributed by atoms with Crippen molar-refractivity contribution < 1.29 is 9.59 Å². The molecule has 0 radical (unpaired) electrons. The van der Waals surface area contributed by atoms with Gasteiger partial charge in [-0.25, -0.2) is 4.98 Å². The van der Waals surface area contributed by atoms with Crippen molar-refractivity contribution >= 4 is 45.7 Å². The minimum Gasteiger partial charge on any atom is -0.351 e. The molecule has 1 fully saturated rings. The van der Waals surface area contributed by atoms with Gasteiger partial charge in [-0.1, -0.05) is 11.6 Å². The molecule has 9 heteroatoms. The summed E-state index contributed by atoms with van der Waals surface area (Å²) in [4.78, 5) is 37.1. The van der Waals surface area contributed by atoms with Gasteiger partial charge < -0.3 is 15.6 Å². The smallest absolute Gasteiger partial charge is 0.280 e. The zero-order valence-corrected chi connectivity index (χ0v) is 20.6. The SMILES string of the molecule is CC(C)(C)N1Cc2nc(C(=O)N[C@@H]3CCC[C@H]3NC(=O)c3cc4cc(Cl)ccc4[nH]3)sc2C1. The zero-order chi connectivity index (χ0) is 23.3. The van der Waals surface area contributed by atoms with E-state index >= 15 is 0 Å². The molecule has 1 saturated carbocycles. The number of nitrogens with zero attached hydrogens (tertiary/aromatic N) is 2. The second-order valence-electron chi connectivity index (χ2n) is 9.92.